The molecule has 0 N–H and O–H groups in total. The van der Waals surface area contributed by atoms with Gasteiger partial charge >= 0.3 is 0 Å². The molecule has 1 aromatic carbocycles. The quantitative estimate of drug-likeness (QED) is 0.759. The number of rotatable bonds is 2. The van der Waals surface area contributed by atoms with Gasteiger partial charge in [-0.25, -0.2) is 8.78 Å². The predicted octanol–water partition coefficient (Wildman–Crippen LogP) is 3.05. The maximum atomic E-state index is 13.1. The van der Waals surface area contributed by atoms with Crippen LogP contribution < -0.4 is 0 Å². The summed E-state index contributed by atoms with van der Waals surface area (Å²) in [5, 5.41) is 0. The second-order valence-electron chi connectivity index (χ2n) is 4.64. The third kappa shape index (κ3) is 2.48. The van der Waals surface area contributed by atoms with Crippen molar-refractivity contribution >= 4 is 17.5 Å². The molecule has 0 saturated carbocycles. The van der Waals surface area contributed by atoms with Crippen molar-refractivity contribution in [1.82, 2.24) is 4.90 Å². The number of hydrogen-bond acceptors (Lipinski definition) is 1. The lowest BCUT2D eigenvalue weighted by Gasteiger charge is -2.25. The van der Waals surface area contributed by atoms with Gasteiger partial charge in [-0.05, 0) is 24.5 Å². The summed E-state index contributed by atoms with van der Waals surface area (Å²) < 4.78 is 26.2. The highest BCUT2D eigenvalue weighted by Gasteiger charge is 2.34. The van der Waals surface area contributed by atoms with Gasteiger partial charge in [0.2, 0.25) is 0 Å². The average Bonchev–Trinajstić information content (AvgIpc) is 2.68. The van der Waals surface area contributed by atoms with Crippen LogP contribution in [0.25, 0.3) is 0 Å². The Labute approximate surface area is 110 Å². The van der Waals surface area contributed by atoms with Crippen LogP contribution in [0.5, 0.6) is 0 Å². The summed E-state index contributed by atoms with van der Waals surface area (Å²) in [5.41, 5.74) is 0.0386. The Morgan fingerprint density at radius 2 is 2.00 bits per heavy atom. The number of carbonyl (C=O) groups is 1. The Kier molecular flexibility index (Phi) is 3.85. The topological polar surface area (TPSA) is 20.3 Å². The summed E-state index contributed by atoms with van der Waals surface area (Å²) in [6.07, 6.45) is 0.862. The van der Waals surface area contributed by atoms with E-state index in [0.29, 0.717) is 18.3 Å². The van der Waals surface area contributed by atoms with Crippen molar-refractivity contribution in [1.29, 1.82) is 0 Å². The van der Waals surface area contributed by atoms with E-state index < -0.39 is 11.6 Å². The summed E-state index contributed by atoms with van der Waals surface area (Å²) in [4.78, 5) is 13.8. The molecule has 2 unspecified atom stereocenters. The van der Waals surface area contributed by atoms with E-state index in [1.807, 2.05) is 6.92 Å². The molecule has 0 aromatic heterocycles. The van der Waals surface area contributed by atoms with Crippen LogP contribution >= 0.6 is 11.6 Å². The zero-order chi connectivity index (χ0) is 13.3. The zero-order valence-electron chi connectivity index (χ0n) is 10.00. The molecule has 0 bridgehead atoms. The maximum Gasteiger partial charge on any atom is 0.254 e. The number of halogens is 3. The molecule has 1 aromatic rings. The fourth-order valence-corrected chi connectivity index (χ4v) is 2.81. The molecule has 1 aliphatic heterocycles. The molecule has 1 fully saturated rings. The van der Waals surface area contributed by atoms with Gasteiger partial charge in [0.05, 0.1) is 0 Å². The van der Waals surface area contributed by atoms with E-state index in [9.17, 15) is 13.6 Å². The number of alkyl halides is 1. The van der Waals surface area contributed by atoms with E-state index in [2.05, 4.69) is 0 Å². The second-order valence-corrected chi connectivity index (χ2v) is 4.95. The van der Waals surface area contributed by atoms with Crippen molar-refractivity contribution in [2.24, 2.45) is 5.92 Å². The van der Waals surface area contributed by atoms with Crippen LogP contribution in [0.2, 0.25) is 0 Å². The predicted molar refractivity (Wildman–Crippen MR) is 65.7 cm³/mol. The highest BCUT2D eigenvalue weighted by atomic mass is 35.5. The minimum atomic E-state index is -0.743. The highest BCUT2D eigenvalue weighted by Crippen LogP contribution is 2.26. The van der Waals surface area contributed by atoms with Crippen molar-refractivity contribution < 1.29 is 13.6 Å². The zero-order valence-corrected chi connectivity index (χ0v) is 10.8. The van der Waals surface area contributed by atoms with Gasteiger partial charge in [-0.15, -0.1) is 11.6 Å². The van der Waals surface area contributed by atoms with Gasteiger partial charge in [-0.2, -0.15) is 0 Å². The first-order valence-electron chi connectivity index (χ1n) is 5.86. The normalized spacial score (nSPS) is 23.4. The lowest BCUT2D eigenvalue weighted by molar-refractivity contribution is 0.0736. The number of likely N-dealkylation sites (tertiary alicyclic amines) is 1. The minimum absolute atomic E-state index is 0.0386. The molecule has 1 aliphatic rings. The molecular weight excluding hydrogens is 260 g/mol. The Morgan fingerprint density at radius 1 is 1.39 bits per heavy atom. The molecule has 98 valence electrons. The average molecular weight is 274 g/mol. The SMILES string of the molecule is CC1CCN(C(=O)c2cc(F)cc(F)c2)C1CCl. The smallest absolute Gasteiger partial charge is 0.254 e. The molecule has 0 spiro atoms. The summed E-state index contributed by atoms with van der Waals surface area (Å²) in [7, 11) is 0. The molecule has 18 heavy (non-hydrogen) atoms. The third-order valence-corrected chi connectivity index (χ3v) is 3.73. The van der Waals surface area contributed by atoms with Gasteiger partial charge < -0.3 is 4.90 Å². The van der Waals surface area contributed by atoms with Crippen molar-refractivity contribution in [3.8, 4) is 0 Å². The highest BCUT2D eigenvalue weighted by molar-refractivity contribution is 6.18. The molecule has 1 saturated heterocycles. The van der Waals surface area contributed by atoms with Crippen LogP contribution in [0, 0.1) is 17.6 Å². The maximum absolute atomic E-state index is 13.1. The van der Waals surface area contributed by atoms with Gasteiger partial charge in [0.1, 0.15) is 11.6 Å². The summed E-state index contributed by atoms with van der Waals surface area (Å²) >= 11 is 5.85. The molecule has 5 heteroatoms. The molecule has 2 atom stereocenters. The molecule has 1 amide bonds. The van der Waals surface area contributed by atoms with Gasteiger partial charge in [0.25, 0.3) is 5.91 Å². The standard InChI is InChI=1S/C13H14ClF2NO/c1-8-2-3-17(12(8)7-14)13(18)9-4-10(15)6-11(16)5-9/h4-6,8,12H,2-3,7H2,1H3. The van der Waals surface area contributed by atoms with E-state index in [1.54, 1.807) is 4.90 Å². The van der Waals surface area contributed by atoms with Crippen molar-refractivity contribution in [3.05, 3.63) is 35.4 Å². The van der Waals surface area contributed by atoms with E-state index in [4.69, 9.17) is 11.6 Å². The Bertz CT molecular complexity index is 446. The van der Waals surface area contributed by atoms with Crippen LogP contribution in [0.4, 0.5) is 8.78 Å². The molecule has 0 aliphatic carbocycles. The first-order chi connectivity index (χ1) is 8.52. The number of hydrogen-bond donors (Lipinski definition) is 0. The minimum Gasteiger partial charge on any atom is -0.334 e. The lowest BCUT2D eigenvalue weighted by Crippen LogP contribution is -2.38. The largest absolute Gasteiger partial charge is 0.334 e. The fraction of sp³-hybridized carbons (Fsp3) is 0.462. The van der Waals surface area contributed by atoms with Crippen LogP contribution in [0.3, 0.4) is 0 Å². The van der Waals surface area contributed by atoms with E-state index in [1.165, 1.54) is 0 Å². The van der Waals surface area contributed by atoms with Crippen LogP contribution in [0.1, 0.15) is 23.7 Å². The number of amides is 1. The van der Waals surface area contributed by atoms with Crippen LogP contribution in [-0.2, 0) is 0 Å². The van der Waals surface area contributed by atoms with E-state index in [-0.39, 0.29) is 17.5 Å². The van der Waals surface area contributed by atoms with E-state index >= 15 is 0 Å². The van der Waals surface area contributed by atoms with Gasteiger partial charge in [0.15, 0.2) is 0 Å². The Hall–Kier alpha value is -1.16. The Balaban J connectivity index is 2.25. The first kappa shape index (κ1) is 13.3. The molecule has 2 rings (SSSR count). The number of benzene rings is 1. The molecule has 0 radical (unpaired) electrons. The number of nitrogens with zero attached hydrogens (tertiary/aromatic N) is 1. The molecular formula is C13H14ClF2NO. The fourth-order valence-electron chi connectivity index (χ4n) is 2.34. The monoisotopic (exact) mass is 273 g/mol. The van der Waals surface area contributed by atoms with Crippen LogP contribution in [-0.4, -0.2) is 29.3 Å². The summed E-state index contributed by atoms with van der Waals surface area (Å²) in [6.45, 7) is 2.60. The van der Waals surface area contributed by atoms with E-state index in [0.717, 1.165) is 24.6 Å². The van der Waals surface area contributed by atoms with Gasteiger partial charge in [0, 0.05) is 30.1 Å². The summed E-state index contributed by atoms with van der Waals surface area (Å²) in [6, 6.07) is 2.80. The van der Waals surface area contributed by atoms with Crippen LogP contribution in [0.15, 0.2) is 18.2 Å². The van der Waals surface area contributed by atoms with Crippen molar-refractivity contribution in [2.45, 2.75) is 19.4 Å². The first-order valence-corrected chi connectivity index (χ1v) is 6.39. The van der Waals surface area contributed by atoms with Crippen molar-refractivity contribution in [2.75, 3.05) is 12.4 Å². The van der Waals surface area contributed by atoms with Gasteiger partial charge in [-0.1, -0.05) is 6.92 Å². The van der Waals surface area contributed by atoms with Crippen molar-refractivity contribution in [3.63, 3.8) is 0 Å². The lowest BCUT2D eigenvalue weighted by atomic mass is 10.0. The van der Waals surface area contributed by atoms with Gasteiger partial charge in [-0.3, -0.25) is 4.79 Å². The third-order valence-electron chi connectivity index (χ3n) is 3.41. The molecule has 2 nitrogen and oxygen atoms in total. The summed E-state index contributed by atoms with van der Waals surface area (Å²) in [5.74, 6) is -1.20. The molecule has 1 heterocycles. The second kappa shape index (κ2) is 5.22. The Morgan fingerprint density at radius 3 is 2.56 bits per heavy atom. The number of carbonyl (C=O) groups excluding carboxylic acids is 1.